The molecule has 0 radical (unpaired) electrons. The Labute approximate surface area is 183 Å². The van der Waals surface area contributed by atoms with Crippen LogP contribution < -0.4 is 0 Å². The van der Waals surface area contributed by atoms with E-state index >= 15 is 0 Å². The van der Waals surface area contributed by atoms with Crippen LogP contribution in [-0.2, 0) is 29.6 Å². The van der Waals surface area contributed by atoms with Gasteiger partial charge in [0, 0.05) is 30.3 Å². The highest BCUT2D eigenvalue weighted by molar-refractivity contribution is 7.91. The molecule has 3 heterocycles. The van der Waals surface area contributed by atoms with E-state index in [1.54, 1.807) is 0 Å². The highest BCUT2D eigenvalue weighted by atomic mass is 32.2. The number of hydrogen-bond donors (Lipinski definition) is 0. The van der Waals surface area contributed by atoms with E-state index in [9.17, 15) is 8.42 Å². The van der Waals surface area contributed by atoms with Gasteiger partial charge in [-0.15, -0.1) is 6.58 Å². The molecule has 164 valence electrons. The third-order valence-electron chi connectivity index (χ3n) is 6.04. The second kappa shape index (κ2) is 8.05. The number of aromatic nitrogens is 5. The largest absolute Gasteiger partial charge is 0.300 e. The van der Waals surface area contributed by atoms with E-state index in [-0.39, 0.29) is 17.5 Å². The van der Waals surface area contributed by atoms with E-state index in [0.29, 0.717) is 32.1 Å². The molecule has 0 N–H and O–H groups in total. The van der Waals surface area contributed by atoms with Gasteiger partial charge in [0.15, 0.2) is 14.6 Å². The van der Waals surface area contributed by atoms with Crippen LogP contribution in [0.3, 0.4) is 0 Å². The van der Waals surface area contributed by atoms with Crippen LogP contribution in [0.5, 0.6) is 0 Å². The summed E-state index contributed by atoms with van der Waals surface area (Å²) in [6.45, 7) is 9.84. The van der Waals surface area contributed by atoms with Crippen LogP contribution in [0.2, 0.25) is 0 Å². The van der Waals surface area contributed by atoms with Crippen molar-refractivity contribution in [2.75, 3.05) is 18.6 Å². The molecular formula is C20H30N6O2S2. The van der Waals surface area contributed by atoms with E-state index < -0.39 is 9.84 Å². The van der Waals surface area contributed by atoms with Crippen molar-refractivity contribution in [1.82, 2.24) is 29.0 Å². The average Bonchev–Trinajstić information content (AvgIpc) is 3.33. The lowest BCUT2D eigenvalue weighted by Gasteiger charge is -2.17. The first-order valence-electron chi connectivity index (χ1n) is 10.4. The number of allylic oxidation sites excluding steroid dienone is 1. The zero-order chi connectivity index (χ0) is 21.6. The predicted molar refractivity (Wildman–Crippen MR) is 119 cm³/mol. The molecular weight excluding hydrogens is 420 g/mol. The van der Waals surface area contributed by atoms with Gasteiger partial charge in [0.2, 0.25) is 0 Å². The van der Waals surface area contributed by atoms with Crippen LogP contribution in [0, 0.1) is 18.6 Å². The second-order valence-electron chi connectivity index (χ2n) is 8.62. The van der Waals surface area contributed by atoms with Crippen molar-refractivity contribution in [2.45, 2.75) is 64.8 Å². The molecule has 10 heteroatoms. The predicted octanol–water partition coefficient (Wildman–Crippen LogP) is 2.74. The lowest BCUT2D eigenvalue weighted by Crippen LogP contribution is -2.23. The zero-order valence-corrected chi connectivity index (χ0v) is 19.5. The molecule has 2 aromatic heterocycles. The summed E-state index contributed by atoms with van der Waals surface area (Å²) < 4.78 is 30.4. The van der Waals surface area contributed by atoms with Crippen LogP contribution in [0.25, 0.3) is 0 Å². The van der Waals surface area contributed by atoms with E-state index in [1.165, 1.54) is 12.8 Å². The van der Waals surface area contributed by atoms with Gasteiger partial charge in [-0.05, 0) is 52.4 Å². The smallest absolute Gasteiger partial charge is 0.199 e. The Balaban J connectivity index is 1.51. The normalized spacial score (nSPS) is 20.9. The van der Waals surface area contributed by atoms with Crippen LogP contribution in [0.15, 0.2) is 12.7 Å². The van der Waals surface area contributed by atoms with Crippen LogP contribution in [0.4, 0.5) is 0 Å². The summed E-state index contributed by atoms with van der Waals surface area (Å²) in [4.78, 5) is 2.17. The number of sulfone groups is 1. The fourth-order valence-corrected chi connectivity index (χ4v) is 6.25. The highest BCUT2D eigenvalue weighted by Crippen LogP contribution is 2.39. The first-order valence-corrected chi connectivity index (χ1v) is 12.6. The first-order chi connectivity index (χ1) is 14.2. The third-order valence-corrected chi connectivity index (χ3v) is 8.22. The molecule has 1 aliphatic carbocycles. The summed E-state index contributed by atoms with van der Waals surface area (Å²) in [6.07, 6.45) is 4.85. The molecule has 1 saturated heterocycles. The fourth-order valence-electron chi connectivity index (χ4n) is 4.29. The average molecular weight is 451 g/mol. The Morgan fingerprint density at radius 2 is 2.00 bits per heavy atom. The third kappa shape index (κ3) is 4.17. The molecule has 2 fully saturated rings. The summed E-state index contributed by atoms with van der Waals surface area (Å²) in [5.41, 5.74) is 3.13. The van der Waals surface area contributed by atoms with Crippen molar-refractivity contribution >= 4 is 22.1 Å². The maximum atomic E-state index is 11.9. The van der Waals surface area contributed by atoms with Gasteiger partial charge in [-0.2, -0.15) is 10.2 Å². The van der Waals surface area contributed by atoms with Crippen LogP contribution >= 0.6 is 12.2 Å². The molecule has 8 nitrogen and oxygen atoms in total. The summed E-state index contributed by atoms with van der Waals surface area (Å²) in [5.74, 6) is 2.02. The number of aryl methyl sites for hydroxylation is 1. The second-order valence-corrected chi connectivity index (χ2v) is 11.2. The lowest BCUT2D eigenvalue weighted by molar-refractivity contribution is 0.242. The van der Waals surface area contributed by atoms with Gasteiger partial charge >= 0.3 is 0 Å². The van der Waals surface area contributed by atoms with Crippen molar-refractivity contribution < 1.29 is 8.42 Å². The van der Waals surface area contributed by atoms with Crippen molar-refractivity contribution in [3.63, 3.8) is 0 Å². The molecule has 4 rings (SSSR count). The first kappa shape index (κ1) is 21.5. The van der Waals surface area contributed by atoms with Crippen molar-refractivity contribution in [3.8, 4) is 0 Å². The number of rotatable bonds is 8. The van der Waals surface area contributed by atoms with E-state index in [4.69, 9.17) is 17.3 Å². The molecule has 0 aromatic carbocycles. The standard InChI is InChI=1S/C20H30N6O2S2/c1-5-9-24-19(16-6-7-16)22-25(20(24)29)13-23(4)11-18-14(2)21-26(15(18)3)17-8-10-30(27,28)12-17/h5,16-17H,1,6-13H2,2-4H3. The molecule has 1 unspecified atom stereocenters. The van der Waals surface area contributed by atoms with Gasteiger partial charge < -0.3 is 0 Å². The molecule has 0 spiro atoms. The lowest BCUT2D eigenvalue weighted by atomic mass is 10.2. The Kier molecular flexibility index (Phi) is 5.75. The van der Waals surface area contributed by atoms with Crippen LogP contribution in [-0.4, -0.2) is 56.0 Å². The molecule has 0 amide bonds. The maximum Gasteiger partial charge on any atom is 0.199 e. The number of hydrogen-bond acceptors (Lipinski definition) is 6. The van der Waals surface area contributed by atoms with E-state index in [2.05, 4.69) is 21.1 Å². The molecule has 1 atom stereocenters. The molecule has 1 aliphatic heterocycles. The van der Waals surface area contributed by atoms with E-state index in [0.717, 1.165) is 27.5 Å². The summed E-state index contributed by atoms with van der Waals surface area (Å²) in [7, 11) is -0.902. The summed E-state index contributed by atoms with van der Waals surface area (Å²) in [6, 6.07) is -0.0583. The van der Waals surface area contributed by atoms with Gasteiger partial charge in [-0.3, -0.25) is 14.1 Å². The van der Waals surface area contributed by atoms with Crippen molar-refractivity contribution in [2.24, 2.45) is 0 Å². The Morgan fingerprint density at radius 1 is 1.27 bits per heavy atom. The minimum atomic E-state index is -2.94. The van der Waals surface area contributed by atoms with E-state index in [1.807, 2.05) is 36.3 Å². The monoisotopic (exact) mass is 450 g/mol. The summed E-state index contributed by atoms with van der Waals surface area (Å²) >= 11 is 5.67. The summed E-state index contributed by atoms with van der Waals surface area (Å²) in [5, 5.41) is 9.48. The quantitative estimate of drug-likeness (QED) is 0.455. The van der Waals surface area contributed by atoms with Gasteiger partial charge in [0.05, 0.1) is 29.9 Å². The fraction of sp³-hybridized carbons (Fsp3) is 0.650. The molecule has 30 heavy (non-hydrogen) atoms. The maximum absolute atomic E-state index is 11.9. The van der Waals surface area contributed by atoms with Gasteiger partial charge in [-0.25, -0.2) is 13.1 Å². The molecule has 0 bridgehead atoms. The van der Waals surface area contributed by atoms with Crippen molar-refractivity contribution in [3.05, 3.63) is 40.2 Å². The Hall–Kier alpha value is -1.78. The molecule has 2 aromatic rings. The number of nitrogens with zero attached hydrogens (tertiary/aromatic N) is 6. The van der Waals surface area contributed by atoms with Gasteiger partial charge in [0.1, 0.15) is 5.82 Å². The molecule has 2 aliphatic rings. The molecule has 1 saturated carbocycles. The Bertz CT molecular complexity index is 1120. The van der Waals surface area contributed by atoms with Crippen molar-refractivity contribution in [1.29, 1.82) is 0 Å². The SMILES string of the molecule is C=CCn1c(C2CC2)nn(CN(C)Cc2c(C)nn(C3CCS(=O)(=O)C3)c2C)c1=S. The topological polar surface area (TPSA) is 78.0 Å². The minimum Gasteiger partial charge on any atom is -0.300 e. The zero-order valence-electron chi connectivity index (χ0n) is 17.9. The van der Waals surface area contributed by atoms with Crippen LogP contribution in [0.1, 0.15) is 54.0 Å². The van der Waals surface area contributed by atoms with Gasteiger partial charge in [-0.1, -0.05) is 6.08 Å². The van der Waals surface area contributed by atoms with Gasteiger partial charge in [0.25, 0.3) is 0 Å². The minimum absolute atomic E-state index is 0.0583. The highest BCUT2D eigenvalue weighted by Gasteiger charge is 2.32. The Morgan fingerprint density at radius 3 is 2.60 bits per heavy atom.